The fourth-order valence-electron chi connectivity index (χ4n) is 2.85. The molecule has 25 heavy (non-hydrogen) atoms. The number of aryl methyl sites for hydroxylation is 1. The first-order valence-corrected chi connectivity index (χ1v) is 10.3. The third-order valence-electron chi connectivity index (χ3n) is 4.20. The summed E-state index contributed by atoms with van der Waals surface area (Å²) in [5.74, 6) is 0.0854. The molecule has 1 fully saturated rings. The lowest BCUT2D eigenvalue weighted by Crippen LogP contribution is -2.35. The number of hydrogen-bond donors (Lipinski definition) is 1. The van der Waals surface area contributed by atoms with Crippen molar-refractivity contribution in [1.82, 2.24) is 0 Å². The van der Waals surface area contributed by atoms with Crippen molar-refractivity contribution < 1.29 is 13.2 Å². The van der Waals surface area contributed by atoms with Gasteiger partial charge in [-0.3, -0.25) is 9.52 Å². The van der Waals surface area contributed by atoms with Crippen LogP contribution in [0.1, 0.15) is 24.8 Å². The van der Waals surface area contributed by atoms with Gasteiger partial charge in [0.2, 0.25) is 5.91 Å². The van der Waals surface area contributed by atoms with E-state index in [1.54, 1.807) is 29.2 Å². The number of hydrogen-bond acceptors (Lipinski definition) is 3. The maximum Gasteiger partial charge on any atom is 0.261 e. The molecule has 1 saturated heterocycles. The van der Waals surface area contributed by atoms with E-state index in [-0.39, 0.29) is 10.8 Å². The molecule has 0 spiro atoms. The monoisotopic (exact) mass is 422 g/mol. The molecule has 1 amide bonds. The predicted octanol–water partition coefficient (Wildman–Crippen LogP) is 4.08. The summed E-state index contributed by atoms with van der Waals surface area (Å²) >= 11 is 3.29. The molecule has 1 aliphatic heterocycles. The number of nitrogens with zero attached hydrogens (tertiary/aromatic N) is 1. The highest BCUT2D eigenvalue weighted by Gasteiger charge is 2.22. The summed E-state index contributed by atoms with van der Waals surface area (Å²) in [4.78, 5) is 14.1. The summed E-state index contributed by atoms with van der Waals surface area (Å²) in [6.45, 7) is 2.59. The van der Waals surface area contributed by atoms with E-state index in [0.717, 1.165) is 28.6 Å². The van der Waals surface area contributed by atoms with Crippen molar-refractivity contribution in [2.45, 2.75) is 31.1 Å². The summed E-state index contributed by atoms with van der Waals surface area (Å²) in [6, 6.07) is 11.7. The van der Waals surface area contributed by atoms with E-state index < -0.39 is 10.0 Å². The molecule has 1 N–H and O–H groups in total. The van der Waals surface area contributed by atoms with E-state index in [1.807, 2.05) is 13.0 Å². The molecule has 5 nitrogen and oxygen atoms in total. The van der Waals surface area contributed by atoms with Crippen molar-refractivity contribution in [2.24, 2.45) is 0 Å². The van der Waals surface area contributed by atoms with Crippen LogP contribution in [0.2, 0.25) is 0 Å². The zero-order chi connectivity index (χ0) is 18.0. The Balaban J connectivity index is 1.89. The van der Waals surface area contributed by atoms with Gasteiger partial charge in [-0.15, -0.1) is 0 Å². The summed E-state index contributed by atoms with van der Waals surface area (Å²) in [5, 5.41) is 0. The molecule has 7 heteroatoms. The molecule has 2 aromatic carbocycles. The number of carbonyl (C=O) groups is 1. The summed E-state index contributed by atoms with van der Waals surface area (Å²) in [7, 11) is -3.68. The topological polar surface area (TPSA) is 66.5 Å². The zero-order valence-electron chi connectivity index (χ0n) is 13.8. The summed E-state index contributed by atoms with van der Waals surface area (Å²) < 4.78 is 28.5. The van der Waals surface area contributed by atoms with Gasteiger partial charge in [-0.2, -0.15) is 0 Å². The van der Waals surface area contributed by atoms with E-state index in [2.05, 4.69) is 20.7 Å². The Morgan fingerprint density at radius 2 is 1.80 bits per heavy atom. The Morgan fingerprint density at radius 3 is 2.48 bits per heavy atom. The van der Waals surface area contributed by atoms with E-state index >= 15 is 0 Å². The highest BCUT2D eigenvalue weighted by molar-refractivity contribution is 9.10. The molecule has 0 unspecified atom stereocenters. The second kappa shape index (κ2) is 7.17. The smallest absolute Gasteiger partial charge is 0.261 e. The molecule has 3 rings (SSSR count). The molecule has 0 aliphatic carbocycles. The minimum atomic E-state index is -3.68. The third kappa shape index (κ3) is 4.04. The average molecular weight is 423 g/mol. The molecule has 0 saturated carbocycles. The quantitative estimate of drug-likeness (QED) is 0.806. The second-order valence-corrected chi connectivity index (χ2v) is 8.66. The number of rotatable bonds is 4. The van der Waals surface area contributed by atoms with Gasteiger partial charge in [0.25, 0.3) is 10.0 Å². The first-order chi connectivity index (χ1) is 11.9. The van der Waals surface area contributed by atoms with Crippen molar-refractivity contribution in [3.63, 3.8) is 0 Å². The fraction of sp³-hybridized carbons (Fsp3) is 0.278. The van der Waals surface area contributed by atoms with Crippen molar-refractivity contribution in [3.8, 4) is 0 Å². The Labute approximate surface area is 156 Å². The fourth-order valence-corrected chi connectivity index (χ4v) is 4.17. The van der Waals surface area contributed by atoms with Crippen LogP contribution in [-0.4, -0.2) is 20.9 Å². The molecular formula is C18H19BrN2O3S. The minimum absolute atomic E-state index is 0.0854. The van der Waals surface area contributed by atoms with Crippen LogP contribution < -0.4 is 9.62 Å². The van der Waals surface area contributed by atoms with Gasteiger partial charge in [0.05, 0.1) is 10.6 Å². The number of piperidine rings is 1. The number of benzene rings is 2. The molecular weight excluding hydrogens is 404 g/mol. The Morgan fingerprint density at radius 1 is 1.08 bits per heavy atom. The largest absolute Gasteiger partial charge is 0.312 e. The Hall–Kier alpha value is -1.86. The van der Waals surface area contributed by atoms with Crippen molar-refractivity contribution in [1.29, 1.82) is 0 Å². The standard InChI is InChI=1S/C18H19BrN2O3S/c1-13-5-8-15(12-17(13)21-11-3-2-4-18(21)22)20-25(23,24)16-9-6-14(19)7-10-16/h5-10,12,20H,2-4,11H2,1H3. The van der Waals surface area contributed by atoms with Crippen molar-refractivity contribution >= 4 is 43.2 Å². The second-order valence-electron chi connectivity index (χ2n) is 6.06. The number of amides is 1. The Bertz CT molecular complexity index is 895. The zero-order valence-corrected chi connectivity index (χ0v) is 16.2. The van der Waals surface area contributed by atoms with Crippen LogP contribution in [0.4, 0.5) is 11.4 Å². The number of halogens is 1. The minimum Gasteiger partial charge on any atom is -0.312 e. The van der Waals surface area contributed by atoms with Gasteiger partial charge in [0, 0.05) is 23.1 Å². The highest BCUT2D eigenvalue weighted by Crippen LogP contribution is 2.29. The molecule has 0 atom stereocenters. The van der Waals surface area contributed by atoms with Crippen LogP contribution in [0.15, 0.2) is 51.8 Å². The van der Waals surface area contributed by atoms with Gasteiger partial charge < -0.3 is 4.90 Å². The Kier molecular flexibility index (Phi) is 5.15. The molecule has 2 aromatic rings. The van der Waals surface area contributed by atoms with Gasteiger partial charge in [0.15, 0.2) is 0 Å². The lowest BCUT2D eigenvalue weighted by molar-refractivity contribution is -0.119. The van der Waals surface area contributed by atoms with Crippen molar-refractivity contribution in [3.05, 3.63) is 52.5 Å². The molecule has 1 aliphatic rings. The van der Waals surface area contributed by atoms with Gasteiger partial charge in [-0.1, -0.05) is 22.0 Å². The average Bonchev–Trinajstić information content (AvgIpc) is 2.57. The maximum atomic E-state index is 12.5. The van der Waals surface area contributed by atoms with Crippen LogP contribution >= 0.6 is 15.9 Å². The maximum absolute atomic E-state index is 12.5. The van der Waals surface area contributed by atoms with Crippen LogP contribution in [0, 0.1) is 6.92 Å². The van der Waals surface area contributed by atoms with E-state index in [4.69, 9.17) is 0 Å². The molecule has 132 valence electrons. The molecule has 1 heterocycles. The first-order valence-electron chi connectivity index (χ1n) is 8.06. The highest BCUT2D eigenvalue weighted by atomic mass is 79.9. The molecule has 0 bridgehead atoms. The summed E-state index contributed by atoms with van der Waals surface area (Å²) in [5.41, 5.74) is 2.16. The van der Waals surface area contributed by atoms with Gasteiger partial charge >= 0.3 is 0 Å². The first kappa shape index (κ1) is 17.9. The summed E-state index contributed by atoms with van der Waals surface area (Å²) in [6.07, 6.45) is 2.40. The number of carbonyl (C=O) groups excluding carboxylic acids is 1. The van der Waals surface area contributed by atoms with Crippen molar-refractivity contribution in [2.75, 3.05) is 16.2 Å². The van der Waals surface area contributed by atoms with Gasteiger partial charge in [-0.25, -0.2) is 8.42 Å². The van der Waals surface area contributed by atoms with Gasteiger partial charge in [-0.05, 0) is 61.7 Å². The normalized spacial score (nSPS) is 15.3. The van der Waals surface area contributed by atoms with Crippen LogP contribution in [0.25, 0.3) is 0 Å². The van der Waals surface area contributed by atoms with Crippen LogP contribution in [-0.2, 0) is 14.8 Å². The number of anilines is 2. The van der Waals surface area contributed by atoms with Gasteiger partial charge in [0.1, 0.15) is 0 Å². The van der Waals surface area contributed by atoms with E-state index in [1.165, 1.54) is 12.1 Å². The van der Waals surface area contributed by atoms with Crippen LogP contribution in [0.5, 0.6) is 0 Å². The predicted molar refractivity (Wildman–Crippen MR) is 102 cm³/mol. The number of nitrogens with one attached hydrogen (secondary N) is 1. The number of sulfonamides is 1. The van der Waals surface area contributed by atoms with E-state index in [9.17, 15) is 13.2 Å². The lowest BCUT2D eigenvalue weighted by atomic mass is 10.1. The molecule has 0 radical (unpaired) electrons. The molecule has 0 aromatic heterocycles. The lowest BCUT2D eigenvalue weighted by Gasteiger charge is -2.28. The SMILES string of the molecule is Cc1ccc(NS(=O)(=O)c2ccc(Br)cc2)cc1N1CCCCC1=O. The third-order valence-corrected chi connectivity index (χ3v) is 6.13. The van der Waals surface area contributed by atoms with Crippen LogP contribution in [0.3, 0.4) is 0 Å². The van der Waals surface area contributed by atoms with E-state index in [0.29, 0.717) is 18.7 Å².